The number of methoxy groups -OCH3 is 1. The van der Waals surface area contributed by atoms with Crippen molar-refractivity contribution in [3.63, 3.8) is 0 Å². The average molecular weight is 555 g/mol. The quantitative estimate of drug-likeness (QED) is 0.407. The van der Waals surface area contributed by atoms with Crippen molar-refractivity contribution in [3.05, 3.63) is 47.8 Å². The highest BCUT2D eigenvalue weighted by atomic mass is 32.2. The Morgan fingerprint density at radius 2 is 1.85 bits per heavy atom. The van der Waals surface area contributed by atoms with E-state index in [1.165, 1.54) is 6.42 Å². The van der Waals surface area contributed by atoms with Gasteiger partial charge in [-0.3, -0.25) is 4.79 Å². The summed E-state index contributed by atoms with van der Waals surface area (Å²) in [5.74, 6) is -0.0691. The van der Waals surface area contributed by atoms with Gasteiger partial charge in [-0.1, -0.05) is 24.6 Å². The zero-order valence-electron chi connectivity index (χ0n) is 23.0. The number of carbonyl (C=O) groups is 1. The minimum atomic E-state index is -3.83. The van der Waals surface area contributed by atoms with Crippen LogP contribution in [0.25, 0.3) is 16.7 Å². The molecule has 0 bridgehead atoms. The number of amides is 1. The maximum absolute atomic E-state index is 13.3. The van der Waals surface area contributed by atoms with Gasteiger partial charge in [-0.25, -0.2) is 22.8 Å². The van der Waals surface area contributed by atoms with Crippen LogP contribution in [0, 0.1) is 5.92 Å². The van der Waals surface area contributed by atoms with E-state index in [-0.39, 0.29) is 11.4 Å². The SMILES string of the molecule is COCC1CCN(c2cc(C(=O)NS(=O)(=O)CCN(C)C)nc3c2c(C2CCC2)nn3-c2ccccc2)CC1. The number of nitrogens with zero attached hydrogens (tertiary/aromatic N) is 5. The van der Waals surface area contributed by atoms with Crippen LogP contribution in [0.3, 0.4) is 0 Å². The standard InChI is InChI=1S/C28H38N6O4S/c1-32(2)16-17-39(36,37)31-28(35)23-18-24(33-14-12-20(13-15-33)19-38-3)25-26(21-8-7-9-21)30-34(27(25)29-23)22-10-5-4-6-11-22/h4-6,10-11,18,20-21H,7-9,12-17,19H2,1-3H3,(H,31,35). The number of hydrogen-bond donors (Lipinski definition) is 1. The van der Waals surface area contributed by atoms with Crippen LogP contribution in [0.2, 0.25) is 0 Å². The van der Waals surface area contributed by atoms with E-state index >= 15 is 0 Å². The number of benzene rings is 1. The van der Waals surface area contributed by atoms with Crippen molar-refractivity contribution in [1.82, 2.24) is 24.4 Å². The van der Waals surface area contributed by atoms with Crippen LogP contribution >= 0.6 is 0 Å². The number of nitrogens with one attached hydrogen (secondary N) is 1. The molecule has 1 aromatic carbocycles. The Kier molecular flexibility index (Phi) is 8.20. The van der Waals surface area contributed by atoms with E-state index in [4.69, 9.17) is 14.8 Å². The van der Waals surface area contributed by atoms with E-state index in [1.807, 2.05) is 35.0 Å². The Hall–Kier alpha value is -3.02. The van der Waals surface area contributed by atoms with Crippen LogP contribution in [-0.4, -0.2) is 87.2 Å². The Morgan fingerprint density at radius 3 is 2.46 bits per heavy atom. The molecule has 0 unspecified atom stereocenters. The minimum absolute atomic E-state index is 0.0715. The van der Waals surface area contributed by atoms with Gasteiger partial charge >= 0.3 is 0 Å². The molecule has 210 valence electrons. The van der Waals surface area contributed by atoms with Gasteiger partial charge in [0.15, 0.2) is 5.65 Å². The lowest BCUT2D eigenvalue weighted by Crippen LogP contribution is -2.37. The van der Waals surface area contributed by atoms with E-state index in [2.05, 4.69) is 9.62 Å². The van der Waals surface area contributed by atoms with Crippen LogP contribution in [0.5, 0.6) is 0 Å². The van der Waals surface area contributed by atoms with Crippen LogP contribution in [0.4, 0.5) is 5.69 Å². The third kappa shape index (κ3) is 6.10. The summed E-state index contributed by atoms with van der Waals surface area (Å²) in [6.07, 6.45) is 5.26. The first-order valence-electron chi connectivity index (χ1n) is 13.7. The lowest BCUT2D eigenvalue weighted by molar-refractivity contribution is 0.0977. The maximum Gasteiger partial charge on any atom is 0.283 e. The van der Waals surface area contributed by atoms with Crippen LogP contribution < -0.4 is 9.62 Å². The zero-order chi connectivity index (χ0) is 27.6. The molecule has 10 nitrogen and oxygen atoms in total. The van der Waals surface area contributed by atoms with E-state index < -0.39 is 15.9 Å². The fourth-order valence-electron chi connectivity index (χ4n) is 5.33. The first-order chi connectivity index (χ1) is 18.8. The van der Waals surface area contributed by atoms with Gasteiger partial charge in [0.2, 0.25) is 10.0 Å². The maximum atomic E-state index is 13.3. The monoisotopic (exact) mass is 554 g/mol. The molecule has 2 aromatic heterocycles. The molecule has 0 atom stereocenters. The van der Waals surface area contributed by atoms with Gasteiger partial charge < -0.3 is 14.5 Å². The molecule has 0 spiro atoms. The summed E-state index contributed by atoms with van der Waals surface area (Å²) in [6, 6.07) is 11.5. The van der Waals surface area contributed by atoms with E-state index in [1.54, 1.807) is 32.2 Å². The number of anilines is 1. The molecule has 39 heavy (non-hydrogen) atoms. The Morgan fingerprint density at radius 1 is 1.13 bits per heavy atom. The Balaban J connectivity index is 1.61. The second kappa shape index (κ2) is 11.6. The molecular weight excluding hydrogens is 516 g/mol. The molecule has 5 rings (SSSR count). The highest BCUT2D eigenvalue weighted by Gasteiger charge is 2.32. The van der Waals surface area contributed by atoms with E-state index in [0.29, 0.717) is 24.0 Å². The van der Waals surface area contributed by atoms with E-state index in [0.717, 1.165) is 67.8 Å². The third-order valence-corrected chi connectivity index (χ3v) is 9.00. The van der Waals surface area contributed by atoms with Crippen LogP contribution in [0.1, 0.15) is 54.2 Å². The number of carbonyl (C=O) groups excluding carboxylic acids is 1. The predicted octanol–water partition coefficient (Wildman–Crippen LogP) is 3.17. The van der Waals surface area contributed by atoms with Crippen LogP contribution in [-0.2, 0) is 14.8 Å². The van der Waals surface area contributed by atoms with Crippen molar-refractivity contribution < 1.29 is 17.9 Å². The Labute approximate surface area is 230 Å². The first kappa shape index (κ1) is 27.5. The molecule has 1 saturated heterocycles. The highest BCUT2D eigenvalue weighted by molar-refractivity contribution is 7.90. The molecule has 1 aliphatic carbocycles. The Bertz CT molecular complexity index is 1410. The summed E-state index contributed by atoms with van der Waals surface area (Å²) in [6.45, 7) is 2.67. The van der Waals surface area contributed by atoms with Gasteiger partial charge in [-0.2, -0.15) is 5.10 Å². The number of ether oxygens (including phenoxy) is 1. The van der Waals surface area contributed by atoms with Gasteiger partial charge in [0.05, 0.1) is 28.2 Å². The molecule has 1 saturated carbocycles. The number of fused-ring (bicyclic) bond motifs is 1. The lowest BCUT2D eigenvalue weighted by Gasteiger charge is -2.34. The van der Waals surface area contributed by atoms with Crippen molar-refractivity contribution >= 4 is 32.7 Å². The number of rotatable bonds is 10. The molecule has 0 radical (unpaired) electrons. The van der Waals surface area contributed by atoms with Gasteiger partial charge in [-0.15, -0.1) is 0 Å². The summed E-state index contributed by atoms with van der Waals surface area (Å²) in [7, 11) is 1.49. The smallest absolute Gasteiger partial charge is 0.283 e. The molecule has 3 aromatic rings. The lowest BCUT2D eigenvalue weighted by atomic mass is 9.82. The topological polar surface area (TPSA) is 110 Å². The van der Waals surface area contributed by atoms with E-state index in [9.17, 15) is 13.2 Å². The second-order valence-corrected chi connectivity index (χ2v) is 12.8. The number of sulfonamides is 1. The summed E-state index contributed by atoms with van der Waals surface area (Å²) in [5.41, 5.74) is 3.40. The van der Waals surface area contributed by atoms with Crippen LogP contribution in [0.15, 0.2) is 36.4 Å². The highest BCUT2D eigenvalue weighted by Crippen LogP contribution is 2.43. The summed E-state index contributed by atoms with van der Waals surface area (Å²) in [5, 5.41) is 6.02. The van der Waals surface area contributed by atoms with Gasteiger partial charge in [0, 0.05) is 39.3 Å². The zero-order valence-corrected chi connectivity index (χ0v) is 23.8. The average Bonchev–Trinajstić information content (AvgIpc) is 3.26. The molecule has 2 fully saturated rings. The first-order valence-corrected chi connectivity index (χ1v) is 15.3. The van der Waals surface area contributed by atoms with Gasteiger partial charge in [0.25, 0.3) is 5.91 Å². The number of para-hydroxylation sites is 1. The molecule has 11 heteroatoms. The summed E-state index contributed by atoms with van der Waals surface area (Å²) >= 11 is 0. The fraction of sp³-hybridized carbons (Fsp3) is 0.536. The second-order valence-electron chi connectivity index (χ2n) is 10.9. The van der Waals surface area contributed by atoms with Crippen molar-refractivity contribution in [2.75, 3.05) is 58.1 Å². The summed E-state index contributed by atoms with van der Waals surface area (Å²) in [4.78, 5) is 22.2. The minimum Gasteiger partial charge on any atom is -0.384 e. The molecule has 3 heterocycles. The van der Waals surface area contributed by atoms with Crippen molar-refractivity contribution in [2.45, 2.75) is 38.0 Å². The fourth-order valence-corrected chi connectivity index (χ4v) is 6.42. The van der Waals surface area contributed by atoms with Gasteiger partial charge in [0.1, 0.15) is 5.69 Å². The van der Waals surface area contributed by atoms with Crippen molar-refractivity contribution in [1.29, 1.82) is 0 Å². The molecule has 1 N–H and O–H groups in total. The number of hydrogen-bond acceptors (Lipinski definition) is 8. The largest absolute Gasteiger partial charge is 0.384 e. The summed E-state index contributed by atoms with van der Waals surface area (Å²) < 4.78 is 34.8. The molecular formula is C28H38N6O4S. The number of pyridine rings is 1. The van der Waals surface area contributed by atoms with Crippen molar-refractivity contribution in [2.24, 2.45) is 5.92 Å². The van der Waals surface area contributed by atoms with Gasteiger partial charge in [-0.05, 0) is 63.9 Å². The normalized spacial score (nSPS) is 17.1. The number of aromatic nitrogens is 3. The third-order valence-electron chi connectivity index (χ3n) is 7.78. The van der Waals surface area contributed by atoms with Crippen molar-refractivity contribution in [3.8, 4) is 5.69 Å². The predicted molar refractivity (Wildman–Crippen MR) is 152 cm³/mol. The molecule has 1 amide bonds. The molecule has 2 aliphatic rings. The molecule has 1 aliphatic heterocycles. The number of piperidine rings is 1.